The first-order valence-electron chi connectivity index (χ1n) is 11.0. The van der Waals surface area contributed by atoms with Crippen LogP contribution in [0.25, 0.3) is 11.1 Å². The number of aromatic amines is 1. The fraction of sp³-hybridized carbons (Fsp3) is 0.435. The van der Waals surface area contributed by atoms with Gasteiger partial charge in [-0.3, -0.25) is 14.9 Å². The Hall–Kier alpha value is -3.13. The molecule has 1 N–H and O–H groups in total. The van der Waals surface area contributed by atoms with Gasteiger partial charge in [0, 0.05) is 47.5 Å². The van der Waals surface area contributed by atoms with E-state index in [1.807, 2.05) is 17.0 Å². The third kappa shape index (κ3) is 4.20. The van der Waals surface area contributed by atoms with Gasteiger partial charge in [-0.05, 0) is 31.7 Å². The number of hydrogen-bond acceptors (Lipinski definition) is 6. The number of nitrogens with zero attached hydrogens (tertiary/aromatic N) is 5. The van der Waals surface area contributed by atoms with E-state index in [-0.39, 0.29) is 12.0 Å². The molecular weight excluding hydrogens is 392 g/mol. The third-order valence-corrected chi connectivity index (χ3v) is 6.12. The van der Waals surface area contributed by atoms with Crippen LogP contribution in [-0.2, 0) is 17.6 Å². The highest BCUT2D eigenvalue weighted by Crippen LogP contribution is 2.26. The number of aromatic nitrogens is 5. The van der Waals surface area contributed by atoms with Gasteiger partial charge in [0.1, 0.15) is 12.4 Å². The van der Waals surface area contributed by atoms with Crippen LogP contribution in [0, 0.1) is 0 Å². The van der Waals surface area contributed by atoms with Gasteiger partial charge in [0.2, 0.25) is 0 Å². The van der Waals surface area contributed by atoms with Crippen LogP contribution in [0.4, 0.5) is 0 Å². The summed E-state index contributed by atoms with van der Waals surface area (Å²) in [6.07, 6.45) is 13.2. The van der Waals surface area contributed by atoms with Crippen molar-refractivity contribution in [2.75, 3.05) is 19.7 Å². The molecule has 0 unspecified atom stereocenters. The number of pyridine rings is 1. The van der Waals surface area contributed by atoms with Crippen LogP contribution in [0.3, 0.4) is 0 Å². The molecule has 3 aromatic heterocycles. The first kappa shape index (κ1) is 19.8. The second-order valence-electron chi connectivity index (χ2n) is 8.15. The number of nitrogens with one attached hydrogen (secondary N) is 1. The van der Waals surface area contributed by atoms with E-state index in [1.54, 1.807) is 18.6 Å². The third-order valence-electron chi connectivity index (χ3n) is 6.12. The summed E-state index contributed by atoms with van der Waals surface area (Å²) in [6, 6.07) is 3.94. The second kappa shape index (κ2) is 8.93. The highest BCUT2D eigenvalue weighted by atomic mass is 16.5. The van der Waals surface area contributed by atoms with Crippen LogP contribution in [0.5, 0.6) is 0 Å². The van der Waals surface area contributed by atoms with Crippen molar-refractivity contribution >= 4 is 5.91 Å². The van der Waals surface area contributed by atoms with Gasteiger partial charge in [-0.25, -0.2) is 9.97 Å². The van der Waals surface area contributed by atoms with Gasteiger partial charge in [0.25, 0.3) is 5.91 Å². The smallest absolute Gasteiger partial charge is 0.274 e. The van der Waals surface area contributed by atoms with E-state index in [2.05, 4.69) is 25.1 Å². The number of amides is 1. The molecule has 0 spiro atoms. The Balaban J connectivity index is 1.31. The molecule has 0 radical (unpaired) electrons. The lowest BCUT2D eigenvalue weighted by molar-refractivity contribution is -0.0249. The van der Waals surface area contributed by atoms with Crippen molar-refractivity contribution in [2.24, 2.45) is 0 Å². The van der Waals surface area contributed by atoms with Crippen molar-refractivity contribution in [3.05, 3.63) is 59.7 Å². The van der Waals surface area contributed by atoms with Gasteiger partial charge in [-0.15, -0.1) is 0 Å². The average Bonchev–Trinajstić information content (AvgIpc) is 3.20. The Kier molecular flexibility index (Phi) is 5.71. The number of aryl methyl sites for hydroxylation is 1. The normalized spacial score (nSPS) is 19.4. The fourth-order valence-electron chi connectivity index (χ4n) is 4.39. The predicted molar refractivity (Wildman–Crippen MR) is 114 cm³/mol. The highest BCUT2D eigenvalue weighted by Gasteiger charge is 2.30. The topological polar surface area (TPSA) is 96.9 Å². The Labute approximate surface area is 181 Å². The first-order valence-corrected chi connectivity index (χ1v) is 11.0. The molecule has 4 heterocycles. The molecule has 0 bridgehead atoms. The minimum atomic E-state index is -0.250. The number of carbonyl (C=O) groups is 1. The van der Waals surface area contributed by atoms with Gasteiger partial charge in [-0.2, -0.15) is 5.10 Å². The minimum absolute atomic E-state index is 0.00979. The molecule has 5 rings (SSSR count). The summed E-state index contributed by atoms with van der Waals surface area (Å²) in [6.45, 7) is 1.52. The summed E-state index contributed by atoms with van der Waals surface area (Å²) in [5.74, 6) is -0.00979. The molecule has 0 aromatic carbocycles. The number of ether oxygens (including phenoxy) is 1. The molecule has 1 atom stereocenters. The van der Waals surface area contributed by atoms with E-state index >= 15 is 0 Å². The Morgan fingerprint density at radius 1 is 1.03 bits per heavy atom. The molecule has 1 aliphatic carbocycles. The van der Waals surface area contributed by atoms with Crippen molar-refractivity contribution in [2.45, 2.75) is 44.6 Å². The van der Waals surface area contributed by atoms with Gasteiger partial charge in [-0.1, -0.05) is 18.9 Å². The van der Waals surface area contributed by atoms with Crippen LogP contribution >= 0.6 is 0 Å². The Bertz CT molecular complexity index is 1030. The maximum absolute atomic E-state index is 13.3. The summed E-state index contributed by atoms with van der Waals surface area (Å²) >= 11 is 0. The van der Waals surface area contributed by atoms with E-state index in [1.165, 1.54) is 19.2 Å². The van der Waals surface area contributed by atoms with E-state index in [4.69, 9.17) is 4.74 Å². The van der Waals surface area contributed by atoms with Crippen LogP contribution < -0.4 is 0 Å². The Morgan fingerprint density at radius 2 is 1.87 bits per heavy atom. The summed E-state index contributed by atoms with van der Waals surface area (Å²) in [4.78, 5) is 27.8. The van der Waals surface area contributed by atoms with Gasteiger partial charge in [0.05, 0.1) is 18.8 Å². The number of H-pyrrole nitrogens is 1. The molecule has 1 aliphatic heterocycles. The molecule has 31 heavy (non-hydrogen) atoms. The zero-order valence-electron chi connectivity index (χ0n) is 17.5. The van der Waals surface area contributed by atoms with Gasteiger partial charge in [0.15, 0.2) is 5.69 Å². The Morgan fingerprint density at radius 3 is 2.68 bits per heavy atom. The lowest BCUT2D eigenvalue weighted by Crippen LogP contribution is -2.43. The predicted octanol–water partition coefficient (Wildman–Crippen LogP) is 3.13. The van der Waals surface area contributed by atoms with Crippen molar-refractivity contribution in [1.82, 2.24) is 30.0 Å². The van der Waals surface area contributed by atoms with Crippen LogP contribution in [0.2, 0.25) is 0 Å². The molecule has 2 aliphatic rings. The SMILES string of the molecule is O=C(c1n[nH]c2c1CCCCCC2)N1CCO[C@@H](c2ccc(-c3cncnc3)cn2)C1. The number of rotatable bonds is 3. The van der Waals surface area contributed by atoms with Crippen molar-refractivity contribution in [1.29, 1.82) is 0 Å². The van der Waals surface area contributed by atoms with E-state index in [0.29, 0.717) is 25.4 Å². The van der Waals surface area contributed by atoms with E-state index in [0.717, 1.165) is 53.8 Å². The maximum atomic E-state index is 13.3. The maximum Gasteiger partial charge on any atom is 0.274 e. The van der Waals surface area contributed by atoms with Gasteiger partial charge < -0.3 is 9.64 Å². The fourth-order valence-corrected chi connectivity index (χ4v) is 4.39. The zero-order chi connectivity index (χ0) is 21.0. The molecule has 1 amide bonds. The molecule has 1 fully saturated rings. The molecule has 1 saturated heterocycles. The monoisotopic (exact) mass is 418 g/mol. The van der Waals surface area contributed by atoms with Crippen LogP contribution in [0.15, 0.2) is 37.1 Å². The summed E-state index contributed by atoms with van der Waals surface area (Å²) < 4.78 is 5.95. The number of carbonyl (C=O) groups excluding carboxylic acids is 1. The highest BCUT2D eigenvalue weighted by molar-refractivity contribution is 5.94. The van der Waals surface area contributed by atoms with Crippen LogP contribution in [-0.4, -0.2) is 55.7 Å². The molecular formula is C23H26N6O2. The first-order chi connectivity index (χ1) is 15.3. The summed E-state index contributed by atoms with van der Waals surface area (Å²) in [5, 5.41) is 7.54. The largest absolute Gasteiger partial charge is 0.368 e. The molecule has 8 heteroatoms. The number of hydrogen-bond donors (Lipinski definition) is 1. The number of fused-ring (bicyclic) bond motifs is 1. The zero-order valence-corrected chi connectivity index (χ0v) is 17.5. The van der Waals surface area contributed by atoms with Gasteiger partial charge >= 0.3 is 0 Å². The standard InChI is InChI=1S/C23H26N6O2/c30-23(22-18-5-3-1-2-4-6-19(18)27-28-22)29-9-10-31-21(14-29)20-8-7-16(13-26-20)17-11-24-15-25-12-17/h7-8,11-13,15,21H,1-6,9-10,14H2,(H,27,28)/t21-/m1/s1. The minimum Gasteiger partial charge on any atom is -0.368 e. The molecule has 8 nitrogen and oxygen atoms in total. The molecule has 0 saturated carbocycles. The average molecular weight is 419 g/mol. The van der Waals surface area contributed by atoms with E-state index < -0.39 is 0 Å². The number of morpholine rings is 1. The van der Waals surface area contributed by atoms with Crippen molar-refractivity contribution in [3.8, 4) is 11.1 Å². The van der Waals surface area contributed by atoms with E-state index in [9.17, 15) is 4.79 Å². The van der Waals surface area contributed by atoms with Crippen LogP contribution in [0.1, 0.15) is 59.2 Å². The lowest BCUT2D eigenvalue weighted by atomic mass is 9.96. The lowest BCUT2D eigenvalue weighted by Gasteiger charge is -2.32. The molecule has 3 aromatic rings. The quantitative estimate of drug-likeness (QED) is 0.702. The van der Waals surface area contributed by atoms with Crippen molar-refractivity contribution in [3.63, 3.8) is 0 Å². The summed E-state index contributed by atoms with van der Waals surface area (Å²) in [7, 11) is 0. The second-order valence-corrected chi connectivity index (χ2v) is 8.15. The van der Waals surface area contributed by atoms with Crippen molar-refractivity contribution < 1.29 is 9.53 Å². The molecule has 160 valence electrons. The summed E-state index contributed by atoms with van der Waals surface area (Å²) in [5.41, 5.74) is 5.51.